The Hall–Kier alpha value is -2.84. The van der Waals surface area contributed by atoms with Crippen molar-refractivity contribution in [3.63, 3.8) is 0 Å². The highest BCUT2D eigenvalue weighted by molar-refractivity contribution is 6.30. The minimum Gasteiger partial charge on any atom is -0.389 e. The fourth-order valence-electron chi connectivity index (χ4n) is 1.92. The van der Waals surface area contributed by atoms with Crippen LogP contribution in [0.3, 0.4) is 0 Å². The van der Waals surface area contributed by atoms with E-state index in [-0.39, 0.29) is 5.57 Å². The van der Waals surface area contributed by atoms with E-state index in [1.807, 2.05) is 30.3 Å². The molecule has 2 N–H and O–H groups in total. The van der Waals surface area contributed by atoms with Crippen molar-refractivity contribution >= 4 is 23.2 Å². The Morgan fingerprint density at radius 1 is 1.17 bits per heavy atom. The molecule has 0 radical (unpaired) electrons. The van der Waals surface area contributed by atoms with Gasteiger partial charge in [0.15, 0.2) is 0 Å². The molecule has 0 saturated heterocycles. The molecule has 0 aliphatic rings. The average Bonchev–Trinajstić information content (AvgIpc) is 2.58. The number of carbonyl (C=O) groups excluding carboxylic acids is 1. The Morgan fingerprint density at radius 2 is 1.83 bits per heavy atom. The van der Waals surface area contributed by atoms with Crippen LogP contribution in [-0.2, 0) is 11.2 Å². The fraction of sp³-hybridized carbons (Fsp3) is 0.111. The first-order valence-corrected chi connectivity index (χ1v) is 7.61. The SMILES string of the molecule is N#C/C(=C/NCCc1ccc(Cl)cc1)C(=O)Nc1ccc(F)cc1. The molecule has 122 valence electrons. The third-order valence-electron chi connectivity index (χ3n) is 3.18. The second-order valence-corrected chi connectivity index (χ2v) is 5.40. The summed E-state index contributed by atoms with van der Waals surface area (Å²) in [5, 5.41) is 15.2. The molecule has 24 heavy (non-hydrogen) atoms. The highest BCUT2D eigenvalue weighted by Gasteiger charge is 2.09. The smallest absolute Gasteiger partial charge is 0.267 e. The number of halogens is 2. The van der Waals surface area contributed by atoms with Gasteiger partial charge in [0.2, 0.25) is 0 Å². The Balaban J connectivity index is 1.86. The van der Waals surface area contributed by atoms with Gasteiger partial charge in [-0.1, -0.05) is 23.7 Å². The van der Waals surface area contributed by atoms with Gasteiger partial charge >= 0.3 is 0 Å². The fourth-order valence-corrected chi connectivity index (χ4v) is 2.05. The van der Waals surface area contributed by atoms with Crippen molar-refractivity contribution < 1.29 is 9.18 Å². The van der Waals surface area contributed by atoms with Gasteiger partial charge in [0, 0.05) is 23.5 Å². The van der Waals surface area contributed by atoms with Gasteiger partial charge in [-0.25, -0.2) is 4.39 Å². The van der Waals surface area contributed by atoms with Crippen molar-refractivity contribution in [2.24, 2.45) is 0 Å². The van der Waals surface area contributed by atoms with E-state index in [2.05, 4.69) is 10.6 Å². The van der Waals surface area contributed by atoms with E-state index in [1.165, 1.54) is 30.5 Å². The van der Waals surface area contributed by atoms with Crippen molar-refractivity contribution in [3.05, 3.63) is 76.7 Å². The summed E-state index contributed by atoms with van der Waals surface area (Å²) >= 11 is 5.82. The lowest BCUT2D eigenvalue weighted by Crippen LogP contribution is -2.18. The lowest BCUT2D eigenvalue weighted by atomic mass is 10.1. The molecule has 6 heteroatoms. The Morgan fingerprint density at radius 3 is 2.46 bits per heavy atom. The van der Waals surface area contributed by atoms with E-state index in [0.717, 1.165) is 12.0 Å². The number of hydrogen-bond acceptors (Lipinski definition) is 3. The summed E-state index contributed by atoms with van der Waals surface area (Å²) < 4.78 is 12.8. The van der Waals surface area contributed by atoms with Gasteiger partial charge in [-0.2, -0.15) is 5.26 Å². The van der Waals surface area contributed by atoms with Crippen LogP contribution < -0.4 is 10.6 Å². The van der Waals surface area contributed by atoms with E-state index < -0.39 is 11.7 Å². The summed E-state index contributed by atoms with van der Waals surface area (Å²) in [5.74, 6) is -0.948. The van der Waals surface area contributed by atoms with Crippen molar-refractivity contribution in [1.29, 1.82) is 5.26 Å². The van der Waals surface area contributed by atoms with Crippen LogP contribution in [0.25, 0.3) is 0 Å². The summed E-state index contributed by atoms with van der Waals surface area (Å²) in [6.07, 6.45) is 2.10. The number of anilines is 1. The molecule has 0 aliphatic carbocycles. The molecule has 2 rings (SSSR count). The molecule has 2 aromatic rings. The van der Waals surface area contributed by atoms with Crippen molar-refractivity contribution in [2.75, 3.05) is 11.9 Å². The Bertz CT molecular complexity index is 764. The molecule has 0 aliphatic heterocycles. The highest BCUT2D eigenvalue weighted by atomic mass is 35.5. The first-order valence-electron chi connectivity index (χ1n) is 7.23. The largest absolute Gasteiger partial charge is 0.389 e. The van der Waals surface area contributed by atoms with Crippen LogP contribution >= 0.6 is 11.6 Å². The van der Waals surface area contributed by atoms with Gasteiger partial charge in [-0.3, -0.25) is 4.79 Å². The molecular weight excluding hydrogens is 329 g/mol. The zero-order chi connectivity index (χ0) is 17.4. The molecule has 0 saturated carbocycles. The number of carbonyl (C=O) groups is 1. The van der Waals surface area contributed by atoms with Crippen LogP contribution in [0.2, 0.25) is 5.02 Å². The van der Waals surface area contributed by atoms with Crippen molar-refractivity contribution in [2.45, 2.75) is 6.42 Å². The third kappa shape index (κ3) is 5.41. The standard InChI is InChI=1S/C18H15ClFN3O/c19-15-3-1-13(2-4-15)9-10-22-12-14(11-21)18(24)23-17-7-5-16(20)6-8-17/h1-8,12,22H,9-10H2,(H,23,24)/b14-12-. The number of hydrogen-bond donors (Lipinski definition) is 2. The molecule has 4 nitrogen and oxygen atoms in total. The molecule has 0 unspecified atom stereocenters. The molecule has 0 fully saturated rings. The van der Waals surface area contributed by atoms with E-state index in [0.29, 0.717) is 17.3 Å². The molecular formula is C18H15ClFN3O. The first-order chi connectivity index (χ1) is 11.6. The van der Waals surface area contributed by atoms with Crippen molar-refractivity contribution in [1.82, 2.24) is 5.32 Å². The summed E-state index contributed by atoms with van der Waals surface area (Å²) in [6.45, 7) is 0.566. The maximum atomic E-state index is 12.8. The monoisotopic (exact) mass is 343 g/mol. The summed E-state index contributed by atoms with van der Waals surface area (Å²) in [4.78, 5) is 12.0. The molecule has 0 heterocycles. The normalized spacial score (nSPS) is 10.8. The molecule has 0 atom stereocenters. The number of nitrogens with one attached hydrogen (secondary N) is 2. The van der Waals surface area contributed by atoms with E-state index in [4.69, 9.17) is 16.9 Å². The third-order valence-corrected chi connectivity index (χ3v) is 3.44. The maximum Gasteiger partial charge on any atom is 0.267 e. The zero-order valence-corrected chi connectivity index (χ0v) is 13.5. The Labute approximate surface area is 144 Å². The minimum absolute atomic E-state index is 0.0598. The van der Waals surface area contributed by atoms with Crippen LogP contribution in [0.5, 0.6) is 0 Å². The second-order valence-electron chi connectivity index (χ2n) is 4.96. The molecule has 1 amide bonds. The van der Waals surface area contributed by atoms with Crippen LogP contribution in [0, 0.1) is 17.1 Å². The quantitative estimate of drug-likeness (QED) is 0.478. The van der Waals surface area contributed by atoms with Crippen LogP contribution in [0.4, 0.5) is 10.1 Å². The van der Waals surface area contributed by atoms with Gasteiger partial charge in [0.25, 0.3) is 5.91 Å². The number of amides is 1. The predicted molar refractivity (Wildman–Crippen MR) is 91.9 cm³/mol. The van der Waals surface area contributed by atoms with E-state index >= 15 is 0 Å². The topological polar surface area (TPSA) is 64.9 Å². The zero-order valence-electron chi connectivity index (χ0n) is 12.7. The lowest BCUT2D eigenvalue weighted by Gasteiger charge is -2.05. The van der Waals surface area contributed by atoms with Crippen LogP contribution in [-0.4, -0.2) is 12.5 Å². The number of rotatable bonds is 6. The average molecular weight is 344 g/mol. The molecule has 0 spiro atoms. The van der Waals surface area contributed by atoms with Gasteiger partial charge < -0.3 is 10.6 Å². The van der Waals surface area contributed by atoms with Crippen molar-refractivity contribution in [3.8, 4) is 6.07 Å². The van der Waals surface area contributed by atoms with Gasteiger partial charge in [-0.15, -0.1) is 0 Å². The van der Waals surface area contributed by atoms with Crippen LogP contribution in [0.15, 0.2) is 60.3 Å². The molecule has 0 aromatic heterocycles. The van der Waals surface area contributed by atoms with E-state index in [1.54, 1.807) is 0 Å². The molecule has 2 aromatic carbocycles. The number of nitrogens with zero attached hydrogens (tertiary/aromatic N) is 1. The molecule has 0 bridgehead atoms. The van der Waals surface area contributed by atoms with Gasteiger partial charge in [0.05, 0.1) is 0 Å². The second kappa shape index (κ2) is 8.70. The summed E-state index contributed by atoms with van der Waals surface area (Å²) in [7, 11) is 0. The Kier molecular flexibility index (Phi) is 6.35. The summed E-state index contributed by atoms with van der Waals surface area (Å²) in [5.41, 5.74) is 1.45. The van der Waals surface area contributed by atoms with Gasteiger partial charge in [0.1, 0.15) is 17.5 Å². The van der Waals surface area contributed by atoms with E-state index in [9.17, 15) is 9.18 Å². The van der Waals surface area contributed by atoms with Gasteiger partial charge in [-0.05, 0) is 48.4 Å². The predicted octanol–water partition coefficient (Wildman–Crippen LogP) is 3.66. The summed E-state index contributed by atoms with van der Waals surface area (Å²) in [6, 6.07) is 14.6. The highest BCUT2D eigenvalue weighted by Crippen LogP contribution is 2.10. The lowest BCUT2D eigenvalue weighted by molar-refractivity contribution is -0.112. The number of benzene rings is 2. The first kappa shape index (κ1) is 17.5. The number of nitriles is 1. The van der Waals surface area contributed by atoms with Crippen LogP contribution in [0.1, 0.15) is 5.56 Å². The minimum atomic E-state index is -0.553. The maximum absolute atomic E-state index is 12.8.